The van der Waals surface area contributed by atoms with Crippen LogP contribution in [-0.2, 0) is 19.1 Å². The summed E-state index contributed by atoms with van der Waals surface area (Å²) in [7, 11) is 0. The molecular weight excluding hydrogens is 354 g/mol. The first-order chi connectivity index (χ1) is 12.9. The first-order valence-corrected chi connectivity index (χ1v) is 8.59. The molecule has 0 bridgehead atoms. The number of non-ortho nitro benzene ring substituents is 1. The van der Waals surface area contributed by atoms with E-state index in [-0.39, 0.29) is 25.3 Å². The fraction of sp³-hybridized carbons (Fsp3) is 0.389. The summed E-state index contributed by atoms with van der Waals surface area (Å²) in [6, 6.07) is 4.79. The lowest BCUT2D eigenvalue weighted by Crippen LogP contribution is -2.57. The number of carbonyl (C=O) groups is 3. The summed E-state index contributed by atoms with van der Waals surface area (Å²) in [5.41, 5.74) is 0.561. The summed E-state index contributed by atoms with van der Waals surface area (Å²) >= 11 is 0. The summed E-state index contributed by atoms with van der Waals surface area (Å²) in [6.07, 6.45) is 3.25. The van der Waals surface area contributed by atoms with E-state index in [9.17, 15) is 24.5 Å². The Labute approximate surface area is 156 Å². The van der Waals surface area contributed by atoms with Gasteiger partial charge in [-0.3, -0.25) is 24.5 Å². The number of piperazine rings is 1. The molecule has 1 atom stereocenters. The van der Waals surface area contributed by atoms with Crippen LogP contribution < -0.4 is 5.32 Å². The van der Waals surface area contributed by atoms with Gasteiger partial charge in [-0.25, -0.2) is 0 Å². The van der Waals surface area contributed by atoms with Gasteiger partial charge in [0.1, 0.15) is 6.04 Å². The van der Waals surface area contributed by atoms with Gasteiger partial charge in [0.25, 0.3) is 5.69 Å². The van der Waals surface area contributed by atoms with Crippen LogP contribution in [0.15, 0.2) is 30.3 Å². The Morgan fingerprint density at radius 1 is 1.37 bits per heavy atom. The predicted molar refractivity (Wildman–Crippen MR) is 96.5 cm³/mol. The van der Waals surface area contributed by atoms with Crippen molar-refractivity contribution in [2.75, 3.05) is 19.7 Å². The first kappa shape index (κ1) is 20.1. The summed E-state index contributed by atoms with van der Waals surface area (Å²) in [4.78, 5) is 47.9. The second-order valence-corrected chi connectivity index (χ2v) is 5.95. The fourth-order valence-corrected chi connectivity index (χ4v) is 2.58. The Bertz CT molecular complexity index is 744. The van der Waals surface area contributed by atoms with Gasteiger partial charge in [0.05, 0.1) is 18.0 Å². The fourth-order valence-electron chi connectivity index (χ4n) is 2.58. The molecular formula is C18H21N3O6. The number of esters is 1. The summed E-state index contributed by atoms with van der Waals surface area (Å²) in [5, 5.41) is 13.3. The maximum Gasteiger partial charge on any atom is 0.308 e. The zero-order valence-corrected chi connectivity index (χ0v) is 14.9. The van der Waals surface area contributed by atoms with Crippen molar-refractivity contribution in [1.29, 1.82) is 0 Å². The van der Waals surface area contributed by atoms with Crippen LogP contribution in [0.3, 0.4) is 0 Å². The van der Waals surface area contributed by atoms with Crippen LogP contribution in [-0.4, -0.2) is 53.3 Å². The Morgan fingerprint density at radius 2 is 2.07 bits per heavy atom. The number of nitro groups is 1. The quantitative estimate of drug-likeness (QED) is 0.332. The number of rotatable bonds is 7. The number of nitrogens with one attached hydrogen (secondary N) is 1. The van der Waals surface area contributed by atoms with Crippen LogP contribution in [0, 0.1) is 10.1 Å². The molecule has 0 saturated carbocycles. The van der Waals surface area contributed by atoms with E-state index in [4.69, 9.17) is 4.74 Å². The van der Waals surface area contributed by atoms with Crippen LogP contribution in [0.25, 0.3) is 6.08 Å². The van der Waals surface area contributed by atoms with Crippen molar-refractivity contribution in [2.45, 2.75) is 25.8 Å². The van der Waals surface area contributed by atoms with E-state index in [2.05, 4.69) is 5.32 Å². The van der Waals surface area contributed by atoms with E-state index in [0.29, 0.717) is 18.5 Å². The second-order valence-electron chi connectivity index (χ2n) is 5.95. The highest BCUT2D eigenvalue weighted by Crippen LogP contribution is 2.15. The lowest BCUT2D eigenvalue weighted by molar-refractivity contribution is -0.384. The third-order valence-corrected chi connectivity index (χ3v) is 3.96. The topological polar surface area (TPSA) is 119 Å². The highest BCUT2D eigenvalue weighted by molar-refractivity contribution is 5.97. The molecule has 1 unspecified atom stereocenters. The average Bonchev–Trinajstić information content (AvgIpc) is 2.66. The molecule has 0 spiro atoms. The van der Waals surface area contributed by atoms with Crippen LogP contribution in [0.4, 0.5) is 5.69 Å². The van der Waals surface area contributed by atoms with Gasteiger partial charge in [-0.2, -0.15) is 0 Å². The number of amides is 2. The number of nitro benzene ring substituents is 1. The molecule has 9 heteroatoms. The number of hydrogen-bond donors (Lipinski definition) is 1. The Morgan fingerprint density at radius 3 is 2.70 bits per heavy atom. The SMILES string of the molecule is CCCOC(=O)CC1C(=O)NCCN1C(=O)/C=C/c1ccc([N+](=O)[O-])cc1. The zero-order valence-electron chi connectivity index (χ0n) is 14.9. The van der Waals surface area contributed by atoms with Gasteiger partial charge in [-0.15, -0.1) is 0 Å². The van der Waals surface area contributed by atoms with Crippen molar-refractivity contribution in [2.24, 2.45) is 0 Å². The minimum Gasteiger partial charge on any atom is -0.466 e. The van der Waals surface area contributed by atoms with E-state index in [0.717, 1.165) is 0 Å². The third kappa shape index (κ3) is 5.63. The summed E-state index contributed by atoms with van der Waals surface area (Å²) in [5.74, 6) is -1.35. The lowest BCUT2D eigenvalue weighted by Gasteiger charge is -2.33. The standard InChI is InChI=1S/C18H21N3O6/c1-2-11-27-17(23)12-15-18(24)19-9-10-20(15)16(22)8-5-13-3-6-14(7-4-13)21(25)26/h3-8,15H,2,9-12H2,1H3,(H,19,24)/b8-5+. The van der Waals surface area contributed by atoms with Crippen LogP contribution in [0.5, 0.6) is 0 Å². The van der Waals surface area contributed by atoms with Crippen LogP contribution in [0.1, 0.15) is 25.3 Å². The molecule has 1 aliphatic rings. The van der Waals surface area contributed by atoms with Crippen molar-refractivity contribution in [3.05, 3.63) is 46.0 Å². The predicted octanol–water partition coefficient (Wildman–Crippen LogP) is 1.28. The molecule has 1 aromatic rings. The second kappa shape index (κ2) is 9.46. The Balaban J connectivity index is 2.05. The van der Waals surface area contributed by atoms with Gasteiger partial charge in [-0.05, 0) is 30.2 Å². The van der Waals surface area contributed by atoms with E-state index in [1.807, 2.05) is 6.92 Å². The normalized spacial score (nSPS) is 16.9. The monoisotopic (exact) mass is 375 g/mol. The number of hydrogen-bond acceptors (Lipinski definition) is 6. The van der Waals surface area contributed by atoms with Crippen molar-refractivity contribution in [1.82, 2.24) is 10.2 Å². The van der Waals surface area contributed by atoms with E-state index in [1.54, 1.807) is 0 Å². The molecule has 2 rings (SSSR count). The third-order valence-electron chi connectivity index (χ3n) is 3.96. The largest absolute Gasteiger partial charge is 0.466 e. The molecule has 1 N–H and O–H groups in total. The van der Waals surface area contributed by atoms with E-state index < -0.39 is 28.7 Å². The number of ether oxygens (including phenoxy) is 1. The molecule has 2 amide bonds. The smallest absolute Gasteiger partial charge is 0.308 e. The van der Waals surface area contributed by atoms with Gasteiger partial charge in [0.15, 0.2) is 0 Å². The Hall–Kier alpha value is -3.23. The maximum atomic E-state index is 12.5. The van der Waals surface area contributed by atoms with Crippen molar-refractivity contribution in [3.8, 4) is 0 Å². The molecule has 9 nitrogen and oxygen atoms in total. The first-order valence-electron chi connectivity index (χ1n) is 8.59. The van der Waals surface area contributed by atoms with Crippen molar-refractivity contribution < 1.29 is 24.0 Å². The van der Waals surface area contributed by atoms with E-state index in [1.165, 1.54) is 41.3 Å². The molecule has 0 aliphatic carbocycles. The molecule has 1 aliphatic heterocycles. The van der Waals surface area contributed by atoms with Crippen LogP contribution >= 0.6 is 0 Å². The average molecular weight is 375 g/mol. The number of nitrogens with zero attached hydrogens (tertiary/aromatic N) is 2. The molecule has 144 valence electrons. The highest BCUT2D eigenvalue weighted by Gasteiger charge is 2.34. The maximum absolute atomic E-state index is 12.5. The summed E-state index contributed by atoms with van der Waals surface area (Å²) < 4.78 is 5.00. The highest BCUT2D eigenvalue weighted by atomic mass is 16.6. The Kier molecular flexibility index (Phi) is 7.04. The molecule has 0 radical (unpaired) electrons. The molecule has 1 saturated heterocycles. The van der Waals surface area contributed by atoms with Crippen LogP contribution in [0.2, 0.25) is 0 Å². The molecule has 27 heavy (non-hydrogen) atoms. The molecule has 1 fully saturated rings. The number of carbonyl (C=O) groups excluding carboxylic acids is 3. The van der Waals surface area contributed by atoms with Crippen molar-refractivity contribution in [3.63, 3.8) is 0 Å². The molecule has 0 aromatic heterocycles. The van der Waals surface area contributed by atoms with Gasteiger partial charge in [0, 0.05) is 31.3 Å². The van der Waals surface area contributed by atoms with E-state index >= 15 is 0 Å². The molecule has 1 heterocycles. The van der Waals surface area contributed by atoms with Gasteiger partial charge < -0.3 is 15.0 Å². The van der Waals surface area contributed by atoms with Gasteiger partial charge in [0.2, 0.25) is 11.8 Å². The summed E-state index contributed by atoms with van der Waals surface area (Å²) in [6.45, 7) is 2.71. The van der Waals surface area contributed by atoms with Gasteiger partial charge >= 0.3 is 5.97 Å². The minimum atomic E-state index is -0.919. The zero-order chi connectivity index (χ0) is 19.8. The number of benzene rings is 1. The van der Waals surface area contributed by atoms with Crippen molar-refractivity contribution >= 4 is 29.5 Å². The molecule has 1 aromatic carbocycles. The minimum absolute atomic E-state index is 0.0446. The lowest BCUT2D eigenvalue weighted by atomic mass is 10.1. The van der Waals surface area contributed by atoms with Gasteiger partial charge in [-0.1, -0.05) is 6.92 Å².